The minimum atomic E-state index is 0.0995. The van der Waals surface area contributed by atoms with E-state index in [0.29, 0.717) is 6.54 Å². The largest absolute Gasteiger partial charge is 0.362 e. The van der Waals surface area contributed by atoms with Gasteiger partial charge in [0.05, 0.1) is 12.2 Å². The van der Waals surface area contributed by atoms with Gasteiger partial charge in [-0.3, -0.25) is 4.79 Å². The van der Waals surface area contributed by atoms with Crippen LogP contribution < -0.4 is 4.90 Å². The Labute approximate surface area is 130 Å². The number of aromatic nitrogens is 2. The molecule has 0 unspecified atom stereocenters. The van der Waals surface area contributed by atoms with Crippen molar-refractivity contribution in [3.05, 3.63) is 41.6 Å². The highest BCUT2D eigenvalue weighted by Crippen LogP contribution is 2.28. The first-order valence-corrected chi connectivity index (χ1v) is 7.44. The van der Waals surface area contributed by atoms with Crippen molar-refractivity contribution in [2.75, 3.05) is 25.5 Å². The van der Waals surface area contributed by atoms with E-state index in [0.717, 1.165) is 41.4 Å². The first-order chi connectivity index (χ1) is 10.6. The number of hydrogen-bond acceptors (Lipinski definition) is 4. The van der Waals surface area contributed by atoms with E-state index in [9.17, 15) is 4.79 Å². The first-order valence-electron chi connectivity index (χ1n) is 7.44. The predicted molar refractivity (Wildman–Crippen MR) is 86.6 cm³/mol. The lowest BCUT2D eigenvalue weighted by Gasteiger charge is -2.30. The Balaban J connectivity index is 2.08. The maximum Gasteiger partial charge on any atom is 0.219 e. The average Bonchev–Trinajstić information content (AvgIpc) is 2.53. The second kappa shape index (κ2) is 5.75. The molecule has 1 amide bonds. The molecule has 22 heavy (non-hydrogen) atoms. The fourth-order valence-electron chi connectivity index (χ4n) is 2.75. The van der Waals surface area contributed by atoms with Gasteiger partial charge in [0.1, 0.15) is 5.82 Å². The third-order valence-corrected chi connectivity index (χ3v) is 3.94. The van der Waals surface area contributed by atoms with Crippen LogP contribution in [0.5, 0.6) is 0 Å². The van der Waals surface area contributed by atoms with E-state index in [2.05, 4.69) is 0 Å². The Hall–Kier alpha value is -2.43. The normalized spacial score (nSPS) is 13.7. The van der Waals surface area contributed by atoms with Crippen molar-refractivity contribution >= 4 is 11.7 Å². The monoisotopic (exact) mass is 296 g/mol. The van der Waals surface area contributed by atoms with E-state index in [1.807, 2.05) is 54.2 Å². The van der Waals surface area contributed by atoms with Gasteiger partial charge in [-0.2, -0.15) is 0 Å². The summed E-state index contributed by atoms with van der Waals surface area (Å²) >= 11 is 0. The number of nitrogens with zero attached hydrogens (tertiary/aromatic N) is 4. The van der Waals surface area contributed by atoms with Gasteiger partial charge in [-0.1, -0.05) is 30.3 Å². The van der Waals surface area contributed by atoms with Crippen LogP contribution in [0.15, 0.2) is 30.3 Å². The number of carbonyl (C=O) groups excluding carboxylic acids is 1. The number of benzene rings is 1. The summed E-state index contributed by atoms with van der Waals surface area (Å²) in [4.78, 5) is 25.0. The quantitative estimate of drug-likeness (QED) is 0.851. The molecule has 1 aromatic carbocycles. The van der Waals surface area contributed by atoms with Crippen molar-refractivity contribution in [1.82, 2.24) is 14.9 Å². The number of anilines is 1. The standard InChI is InChI=1S/C17H20N4O/c1-12(22)21-10-9-15-14(11-21)17(20(2)3)19-16(18-15)13-7-5-4-6-8-13/h4-8H,9-11H2,1-3H3. The predicted octanol–water partition coefficient (Wildman–Crippen LogP) is 2.11. The highest BCUT2D eigenvalue weighted by Gasteiger charge is 2.24. The smallest absolute Gasteiger partial charge is 0.219 e. The Morgan fingerprint density at radius 1 is 1.18 bits per heavy atom. The van der Waals surface area contributed by atoms with Crippen LogP contribution in [0.1, 0.15) is 18.2 Å². The molecule has 1 aliphatic rings. The molecule has 5 nitrogen and oxygen atoms in total. The van der Waals surface area contributed by atoms with Crippen LogP contribution in [-0.4, -0.2) is 41.4 Å². The molecule has 0 saturated heterocycles. The van der Waals surface area contributed by atoms with Gasteiger partial charge in [-0.25, -0.2) is 9.97 Å². The van der Waals surface area contributed by atoms with Crippen molar-refractivity contribution in [3.8, 4) is 11.4 Å². The summed E-state index contributed by atoms with van der Waals surface area (Å²) in [6.45, 7) is 2.92. The van der Waals surface area contributed by atoms with Gasteiger partial charge in [0.2, 0.25) is 5.91 Å². The van der Waals surface area contributed by atoms with Crippen LogP contribution in [0.4, 0.5) is 5.82 Å². The third kappa shape index (κ3) is 2.66. The molecule has 0 aliphatic carbocycles. The van der Waals surface area contributed by atoms with Crippen molar-refractivity contribution in [1.29, 1.82) is 0 Å². The zero-order valence-corrected chi connectivity index (χ0v) is 13.2. The van der Waals surface area contributed by atoms with E-state index in [1.54, 1.807) is 6.92 Å². The summed E-state index contributed by atoms with van der Waals surface area (Å²) in [5.74, 6) is 1.75. The molecule has 0 spiro atoms. The van der Waals surface area contributed by atoms with Crippen molar-refractivity contribution in [2.24, 2.45) is 0 Å². The SMILES string of the molecule is CC(=O)N1CCc2nc(-c3ccccc3)nc(N(C)C)c2C1. The Bertz CT molecular complexity index is 697. The molecule has 1 aliphatic heterocycles. The highest BCUT2D eigenvalue weighted by molar-refractivity contribution is 5.74. The van der Waals surface area contributed by atoms with Crippen LogP contribution in [0.3, 0.4) is 0 Å². The molecule has 114 valence electrons. The molecule has 0 fully saturated rings. The van der Waals surface area contributed by atoms with Gasteiger partial charge in [0.15, 0.2) is 5.82 Å². The minimum absolute atomic E-state index is 0.0995. The summed E-state index contributed by atoms with van der Waals surface area (Å²) in [5, 5.41) is 0. The molecule has 0 radical (unpaired) electrons. The van der Waals surface area contributed by atoms with E-state index in [4.69, 9.17) is 9.97 Å². The second-order valence-electron chi connectivity index (χ2n) is 5.75. The summed E-state index contributed by atoms with van der Waals surface area (Å²) in [6, 6.07) is 10.0. The summed E-state index contributed by atoms with van der Waals surface area (Å²) in [7, 11) is 3.95. The van der Waals surface area contributed by atoms with E-state index >= 15 is 0 Å². The Morgan fingerprint density at radius 2 is 1.91 bits per heavy atom. The van der Waals surface area contributed by atoms with Crippen LogP contribution in [0.25, 0.3) is 11.4 Å². The fourth-order valence-corrected chi connectivity index (χ4v) is 2.75. The van der Waals surface area contributed by atoms with Crippen LogP contribution >= 0.6 is 0 Å². The van der Waals surface area contributed by atoms with Crippen molar-refractivity contribution in [2.45, 2.75) is 19.9 Å². The molecular weight excluding hydrogens is 276 g/mol. The lowest BCUT2D eigenvalue weighted by atomic mass is 10.0. The molecule has 0 N–H and O–H groups in total. The van der Waals surface area contributed by atoms with Crippen LogP contribution in [0, 0.1) is 0 Å². The van der Waals surface area contributed by atoms with Crippen LogP contribution in [0.2, 0.25) is 0 Å². The number of carbonyl (C=O) groups is 1. The Kier molecular flexibility index (Phi) is 3.79. The molecule has 2 aromatic rings. The lowest BCUT2D eigenvalue weighted by Crippen LogP contribution is -2.36. The minimum Gasteiger partial charge on any atom is -0.362 e. The summed E-state index contributed by atoms with van der Waals surface area (Å²) < 4.78 is 0. The zero-order chi connectivity index (χ0) is 15.7. The summed E-state index contributed by atoms with van der Waals surface area (Å²) in [6.07, 6.45) is 0.776. The Morgan fingerprint density at radius 3 is 2.55 bits per heavy atom. The third-order valence-electron chi connectivity index (χ3n) is 3.94. The molecule has 5 heteroatoms. The molecule has 2 heterocycles. The number of hydrogen-bond donors (Lipinski definition) is 0. The van der Waals surface area contributed by atoms with Crippen molar-refractivity contribution < 1.29 is 4.79 Å². The summed E-state index contributed by atoms with van der Waals surface area (Å²) in [5.41, 5.74) is 3.13. The number of fused-ring (bicyclic) bond motifs is 1. The highest BCUT2D eigenvalue weighted by atomic mass is 16.2. The molecule has 0 bridgehead atoms. The van der Waals surface area contributed by atoms with E-state index in [1.165, 1.54) is 0 Å². The molecule has 0 saturated carbocycles. The van der Waals surface area contributed by atoms with Gasteiger partial charge < -0.3 is 9.80 Å². The van der Waals surface area contributed by atoms with Gasteiger partial charge in [-0.05, 0) is 0 Å². The molecule has 0 atom stereocenters. The maximum absolute atomic E-state index is 11.6. The lowest BCUT2D eigenvalue weighted by molar-refractivity contribution is -0.129. The number of amides is 1. The molecular formula is C17H20N4O. The zero-order valence-electron chi connectivity index (χ0n) is 13.2. The first kappa shape index (κ1) is 14.5. The second-order valence-corrected chi connectivity index (χ2v) is 5.75. The van der Waals surface area contributed by atoms with E-state index < -0.39 is 0 Å². The van der Waals surface area contributed by atoms with E-state index in [-0.39, 0.29) is 5.91 Å². The van der Waals surface area contributed by atoms with Crippen molar-refractivity contribution in [3.63, 3.8) is 0 Å². The molecule has 1 aromatic heterocycles. The topological polar surface area (TPSA) is 49.3 Å². The van der Waals surface area contributed by atoms with Gasteiger partial charge in [-0.15, -0.1) is 0 Å². The maximum atomic E-state index is 11.6. The molecule has 3 rings (SSSR count). The van der Waals surface area contributed by atoms with Crippen LogP contribution in [-0.2, 0) is 17.8 Å². The average molecular weight is 296 g/mol. The van der Waals surface area contributed by atoms with Gasteiger partial charge >= 0.3 is 0 Å². The number of rotatable bonds is 2. The fraction of sp³-hybridized carbons (Fsp3) is 0.353. The van der Waals surface area contributed by atoms with Gasteiger partial charge in [0.25, 0.3) is 0 Å². The van der Waals surface area contributed by atoms with Gasteiger partial charge in [0, 0.05) is 45.1 Å².